The molecule has 0 radical (unpaired) electrons. The lowest BCUT2D eigenvalue weighted by molar-refractivity contribution is -0.116. The molecule has 0 saturated heterocycles. The summed E-state index contributed by atoms with van der Waals surface area (Å²) in [6.45, 7) is 7.09. The van der Waals surface area contributed by atoms with E-state index in [1.54, 1.807) is 42.5 Å². The molecular formula is C24H29N3O5. The number of ether oxygens (including phenoxy) is 1. The number of hydrogen-bond donors (Lipinski definition) is 3. The number of anilines is 2. The van der Waals surface area contributed by atoms with Crippen molar-refractivity contribution in [2.24, 2.45) is 5.92 Å². The molecule has 0 atom stereocenters. The summed E-state index contributed by atoms with van der Waals surface area (Å²) in [5, 5.41) is 8.05. The van der Waals surface area contributed by atoms with Crippen molar-refractivity contribution in [3.05, 3.63) is 59.7 Å². The lowest BCUT2D eigenvalue weighted by Crippen LogP contribution is -2.34. The van der Waals surface area contributed by atoms with Crippen molar-refractivity contribution < 1.29 is 23.9 Å². The van der Waals surface area contributed by atoms with Gasteiger partial charge in [-0.15, -0.1) is 0 Å². The number of nitrogens with one attached hydrogen (secondary N) is 3. The van der Waals surface area contributed by atoms with Crippen LogP contribution in [0.2, 0.25) is 0 Å². The average molecular weight is 440 g/mol. The molecule has 170 valence electrons. The predicted octanol–water partition coefficient (Wildman–Crippen LogP) is 4.24. The summed E-state index contributed by atoms with van der Waals surface area (Å²) in [4.78, 5) is 48.6. The maximum Gasteiger partial charge on any atom is 0.340 e. The number of carbonyl (C=O) groups excluding carboxylic acids is 4. The summed E-state index contributed by atoms with van der Waals surface area (Å²) >= 11 is 0. The summed E-state index contributed by atoms with van der Waals surface area (Å²) in [6.07, 6.45) is 0.409. The molecule has 3 N–H and O–H groups in total. The van der Waals surface area contributed by atoms with E-state index in [0.29, 0.717) is 17.7 Å². The zero-order valence-corrected chi connectivity index (χ0v) is 18.7. The van der Waals surface area contributed by atoms with Crippen molar-refractivity contribution in [3.8, 4) is 0 Å². The van der Waals surface area contributed by atoms with E-state index < -0.39 is 18.6 Å². The molecule has 2 rings (SSSR count). The lowest BCUT2D eigenvalue weighted by Gasteiger charge is -2.13. The molecule has 0 fully saturated rings. The molecule has 32 heavy (non-hydrogen) atoms. The Kier molecular flexibility index (Phi) is 8.95. The fourth-order valence-electron chi connectivity index (χ4n) is 2.81. The average Bonchev–Trinajstić information content (AvgIpc) is 2.71. The van der Waals surface area contributed by atoms with E-state index in [4.69, 9.17) is 4.74 Å². The van der Waals surface area contributed by atoms with Gasteiger partial charge < -0.3 is 20.7 Å². The van der Waals surface area contributed by atoms with Gasteiger partial charge in [0.25, 0.3) is 0 Å². The van der Waals surface area contributed by atoms with Crippen molar-refractivity contribution in [2.75, 3.05) is 17.2 Å². The molecule has 0 unspecified atom stereocenters. The number of rotatable bonds is 9. The number of Topliss-reactive ketones (excluding diaryl/α,β-unsaturated/α-hetero) is 1. The van der Waals surface area contributed by atoms with Gasteiger partial charge in [-0.3, -0.25) is 9.59 Å². The van der Waals surface area contributed by atoms with E-state index in [0.717, 1.165) is 0 Å². The van der Waals surface area contributed by atoms with Gasteiger partial charge in [0, 0.05) is 23.7 Å². The van der Waals surface area contributed by atoms with Gasteiger partial charge in [-0.05, 0) is 56.2 Å². The van der Waals surface area contributed by atoms with Crippen LogP contribution in [0.1, 0.15) is 54.8 Å². The molecular weight excluding hydrogens is 410 g/mol. The normalized spacial score (nSPS) is 10.6. The van der Waals surface area contributed by atoms with E-state index in [2.05, 4.69) is 16.0 Å². The molecule has 0 aliphatic carbocycles. The first-order valence-electron chi connectivity index (χ1n) is 10.4. The Morgan fingerprint density at radius 3 is 2.16 bits per heavy atom. The summed E-state index contributed by atoms with van der Waals surface area (Å²) in [5.74, 6) is -0.962. The van der Waals surface area contributed by atoms with Crippen LogP contribution in [0.3, 0.4) is 0 Å². The standard InChI is InChI=1S/C24H29N3O5/c1-15(2)13-22(29)26-18-11-9-17(10-12-18)21(28)14-32-23(30)19-7-5-6-8-20(19)27-24(31)25-16(3)4/h5-12,15-16H,13-14H2,1-4H3,(H,26,29)(H2,25,27,31). The molecule has 0 saturated carbocycles. The minimum atomic E-state index is -0.726. The van der Waals surface area contributed by atoms with Crippen LogP contribution < -0.4 is 16.0 Å². The fraction of sp³-hybridized carbons (Fsp3) is 0.333. The third-order valence-corrected chi connectivity index (χ3v) is 4.23. The molecule has 0 heterocycles. The van der Waals surface area contributed by atoms with Crippen LogP contribution in [0.5, 0.6) is 0 Å². The Morgan fingerprint density at radius 1 is 0.875 bits per heavy atom. The third kappa shape index (κ3) is 7.86. The Morgan fingerprint density at radius 2 is 1.53 bits per heavy atom. The highest BCUT2D eigenvalue weighted by Gasteiger charge is 2.17. The quantitative estimate of drug-likeness (QED) is 0.399. The number of amides is 3. The van der Waals surface area contributed by atoms with E-state index in [1.807, 2.05) is 27.7 Å². The van der Waals surface area contributed by atoms with Crippen LogP contribution in [-0.4, -0.2) is 36.3 Å². The van der Waals surface area contributed by atoms with Gasteiger partial charge >= 0.3 is 12.0 Å². The summed E-state index contributed by atoms with van der Waals surface area (Å²) in [6, 6.07) is 12.2. The van der Waals surface area contributed by atoms with Crippen molar-refractivity contribution >= 4 is 35.1 Å². The second-order valence-corrected chi connectivity index (χ2v) is 8.02. The summed E-state index contributed by atoms with van der Waals surface area (Å²) in [5.41, 5.74) is 1.36. The molecule has 0 aromatic heterocycles. The largest absolute Gasteiger partial charge is 0.454 e. The van der Waals surface area contributed by atoms with Gasteiger partial charge in [0.2, 0.25) is 5.91 Å². The van der Waals surface area contributed by atoms with Crippen molar-refractivity contribution in [1.82, 2.24) is 5.32 Å². The highest BCUT2D eigenvalue weighted by Crippen LogP contribution is 2.17. The maximum absolute atomic E-state index is 12.5. The van der Waals surface area contributed by atoms with Crippen LogP contribution in [0.15, 0.2) is 48.5 Å². The van der Waals surface area contributed by atoms with Gasteiger partial charge in [-0.2, -0.15) is 0 Å². The fourth-order valence-corrected chi connectivity index (χ4v) is 2.81. The number of para-hydroxylation sites is 1. The minimum absolute atomic E-state index is 0.0679. The first-order valence-corrected chi connectivity index (χ1v) is 10.4. The van der Waals surface area contributed by atoms with E-state index in [-0.39, 0.29) is 34.9 Å². The van der Waals surface area contributed by atoms with Crippen LogP contribution in [0.4, 0.5) is 16.2 Å². The van der Waals surface area contributed by atoms with Gasteiger partial charge in [0.15, 0.2) is 12.4 Å². The smallest absolute Gasteiger partial charge is 0.340 e. The third-order valence-electron chi connectivity index (χ3n) is 4.23. The van der Waals surface area contributed by atoms with E-state index >= 15 is 0 Å². The second kappa shape index (κ2) is 11.6. The first-order chi connectivity index (χ1) is 15.2. The molecule has 8 nitrogen and oxygen atoms in total. The monoisotopic (exact) mass is 439 g/mol. The highest BCUT2D eigenvalue weighted by atomic mass is 16.5. The lowest BCUT2D eigenvalue weighted by atomic mass is 10.1. The highest BCUT2D eigenvalue weighted by molar-refractivity contribution is 6.03. The van der Waals surface area contributed by atoms with Crippen LogP contribution in [0.25, 0.3) is 0 Å². The summed E-state index contributed by atoms with van der Waals surface area (Å²) < 4.78 is 5.16. The van der Waals surface area contributed by atoms with E-state index in [1.165, 1.54) is 6.07 Å². The first kappa shape index (κ1) is 24.6. The number of benzene rings is 2. The Balaban J connectivity index is 1.95. The van der Waals surface area contributed by atoms with E-state index in [9.17, 15) is 19.2 Å². The van der Waals surface area contributed by atoms with Gasteiger partial charge in [0.05, 0.1) is 11.3 Å². The molecule has 0 bridgehead atoms. The maximum atomic E-state index is 12.5. The molecule has 8 heteroatoms. The van der Waals surface area contributed by atoms with Gasteiger partial charge in [-0.25, -0.2) is 9.59 Å². The number of hydrogen-bond acceptors (Lipinski definition) is 5. The number of urea groups is 1. The Labute approximate surface area is 187 Å². The molecule has 3 amide bonds. The SMILES string of the molecule is CC(C)CC(=O)Nc1ccc(C(=O)COC(=O)c2ccccc2NC(=O)NC(C)C)cc1. The number of ketones is 1. The molecule has 0 aliphatic heterocycles. The minimum Gasteiger partial charge on any atom is -0.454 e. The number of esters is 1. The Hall–Kier alpha value is -3.68. The van der Waals surface area contributed by atoms with Crippen LogP contribution in [-0.2, 0) is 9.53 Å². The topological polar surface area (TPSA) is 114 Å². The van der Waals surface area contributed by atoms with Crippen LogP contribution in [0, 0.1) is 5.92 Å². The van der Waals surface area contributed by atoms with Gasteiger partial charge in [-0.1, -0.05) is 26.0 Å². The zero-order valence-electron chi connectivity index (χ0n) is 18.7. The molecule has 2 aromatic carbocycles. The van der Waals surface area contributed by atoms with Crippen molar-refractivity contribution in [3.63, 3.8) is 0 Å². The van der Waals surface area contributed by atoms with Gasteiger partial charge in [0.1, 0.15) is 0 Å². The predicted molar refractivity (Wildman–Crippen MR) is 123 cm³/mol. The Bertz CT molecular complexity index is 968. The van der Waals surface area contributed by atoms with Crippen molar-refractivity contribution in [2.45, 2.75) is 40.2 Å². The molecule has 2 aromatic rings. The zero-order chi connectivity index (χ0) is 23.7. The second-order valence-electron chi connectivity index (χ2n) is 8.02. The van der Waals surface area contributed by atoms with Crippen molar-refractivity contribution in [1.29, 1.82) is 0 Å². The number of carbonyl (C=O) groups is 4. The molecule has 0 spiro atoms. The van der Waals surface area contributed by atoms with Crippen LogP contribution >= 0.6 is 0 Å². The summed E-state index contributed by atoms with van der Waals surface area (Å²) in [7, 11) is 0. The molecule has 0 aliphatic rings.